The van der Waals surface area contributed by atoms with E-state index in [2.05, 4.69) is 4.98 Å². The number of methoxy groups -OCH3 is 1. The number of pyridine rings is 1. The summed E-state index contributed by atoms with van der Waals surface area (Å²) in [5.74, 6) is 0.414. The zero-order valence-corrected chi connectivity index (χ0v) is 15.5. The maximum atomic E-state index is 6.33. The maximum absolute atomic E-state index is 6.33. The van der Waals surface area contributed by atoms with E-state index in [0.717, 1.165) is 5.56 Å². The van der Waals surface area contributed by atoms with Gasteiger partial charge in [-0.05, 0) is 30.3 Å². The van der Waals surface area contributed by atoms with E-state index in [0.29, 0.717) is 42.7 Å². The molecule has 0 atom stereocenters. The SMILES string of the molecule is COc1ncc(-c2c(Cl)cccc2Cl)cc1-c1c(Cl)cccc1Cl. The normalized spacial score (nSPS) is 10.7. The van der Waals surface area contributed by atoms with Crippen molar-refractivity contribution in [1.29, 1.82) is 0 Å². The first-order valence-electron chi connectivity index (χ1n) is 6.95. The van der Waals surface area contributed by atoms with Crippen LogP contribution in [0, 0.1) is 0 Å². The smallest absolute Gasteiger partial charge is 0.221 e. The van der Waals surface area contributed by atoms with Crippen LogP contribution >= 0.6 is 46.4 Å². The highest BCUT2D eigenvalue weighted by Gasteiger charge is 2.17. The van der Waals surface area contributed by atoms with Gasteiger partial charge in [0.15, 0.2) is 0 Å². The standard InChI is InChI=1S/C18H11Cl4NO/c1-24-18-11(17-14(21)6-3-7-15(17)22)8-10(9-23-18)16-12(19)4-2-5-13(16)20/h2-9H,1H3. The van der Waals surface area contributed by atoms with Gasteiger partial charge in [-0.2, -0.15) is 0 Å². The van der Waals surface area contributed by atoms with Gasteiger partial charge in [0.2, 0.25) is 5.88 Å². The molecule has 0 radical (unpaired) electrons. The van der Waals surface area contributed by atoms with E-state index >= 15 is 0 Å². The Morgan fingerprint density at radius 3 is 1.79 bits per heavy atom. The van der Waals surface area contributed by atoms with Crippen LogP contribution < -0.4 is 4.74 Å². The molecule has 0 saturated heterocycles. The van der Waals surface area contributed by atoms with Gasteiger partial charge >= 0.3 is 0 Å². The lowest BCUT2D eigenvalue weighted by atomic mass is 10.0. The van der Waals surface area contributed by atoms with Crippen LogP contribution in [0.5, 0.6) is 5.88 Å². The first-order valence-corrected chi connectivity index (χ1v) is 8.47. The second-order valence-corrected chi connectivity index (χ2v) is 6.60. The Hall–Kier alpha value is -1.45. The predicted octanol–water partition coefficient (Wildman–Crippen LogP) is 7.04. The Morgan fingerprint density at radius 2 is 1.29 bits per heavy atom. The van der Waals surface area contributed by atoms with Crippen molar-refractivity contribution in [1.82, 2.24) is 4.98 Å². The summed E-state index contributed by atoms with van der Waals surface area (Å²) in [5, 5.41) is 2.08. The minimum absolute atomic E-state index is 0.414. The van der Waals surface area contributed by atoms with Gasteiger partial charge in [0.1, 0.15) is 0 Å². The molecule has 3 rings (SSSR count). The lowest BCUT2D eigenvalue weighted by Gasteiger charge is -2.14. The molecule has 0 amide bonds. The third-order valence-corrected chi connectivity index (χ3v) is 4.79. The molecule has 1 heterocycles. The molecule has 2 nitrogen and oxygen atoms in total. The lowest BCUT2D eigenvalue weighted by Crippen LogP contribution is -1.94. The van der Waals surface area contributed by atoms with Crippen LogP contribution in [0.25, 0.3) is 22.3 Å². The monoisotopic (exact) mass is 397 g/mol. The molecule has 122 valence electrons. The highest BCUT2D eigenvalue weighted by Crippen LogP contribution is 2.42. The Kier molecular flexibility index (Phi) is 5.21. The van der Waals surface area contributed by atoms with Crippen molar-refractivity contribution in [2.75, 3.05) is 7.11 Å². The Labute approximate surface area is 159 Å². The quantitative estimate of drug-likeness (QED) is 0.472. The van der Waals surface area contributed by atoms with Crippen molar-refractivity contribution < 1.29 is 4.74 Å². The molecule has 1 aromatic heterocycles. The summed E-state index contributed by atoms with van der Waals surface area (Å²) < 4.78 is 5.37. The summed E-state index contributed by atoms with van der Waals surface area (Å²) in [5.41, 5.74) is 2.76. The number of rotatable bonds is 3. The van der Waals surface area contributed by atoms with E-state index in [1.807, 2.05) is 6.07 Å². The van der Waals surface area contributed by atoms with E-state index in [9.17, 15) is 0 Å². The number of halogens is 4. The van der Waals surface area contributed by atoms with E-state index in [-0.39, 0.29) is 0 Å². The topological polar surface area (TPSA) is 22.1 Å². The summed E-state index contributed by atoms with van der Waals surface area (Å²) in [6.07, 6.45) is 1.65. The maximum Gasteiger partial charge on any atom is 0.221 e. The van der Waals surface area contributed by atoms with Crippen molar-refractivity contribution in [3.63, 3.8) is 0 Å². The van der Waals surface area contributed by atoms with Gasteiger partial charge in [-0.1, -0.05) is 58.5 Å². The third kappa shape index (κ3) is 3.20. The zero-order valence-electron chi connectivity index (χ0n) is 12.5. The zero-order chi connectivity index (χ0) is 17.3. The van der Waals surface area contributed by atoms with Gasteiger partial charge in [0.05, 0.1) is 17.2 Å². The highest BCUT2D eigenvalue weighted by atomic mass is 35.5. The van der Waals surface area contributed by atoms with E-state index < -0.39 is 0 Å². The molecule has 0 fully saturated rings. The largest absolute Gasteiger partial charge is 0.481 e. The number of hydrogen-bond acceptors (Lipinski definition) is 2. The molecule has 0 unspecified atom stereocenters. The van der Waals surface area contributed by atoms with E-state index in [4.69, 9.17) is 51.1 Å². The number of aromatic nitrogens is 1. The summed E-state index contributed by atoms with van der Waals surface area (Å²) in [4.78, 5) is 4.36. The second-order valence-electron chi connectivity index (χ2n) is 4.97. The predicted molar refractivity (Wildman–Crippen MR) is 102 cm³/mol. The number of nitrogens with zero attached hydrogens (tertiary/aromatic N) is 1. The molecule has 0 bridgehead atoms. The first kappa shape index (κ1) is 17.4. The number of benzene rings is 2. The third-order valence-electron chi connectivity index (χ3n) is 3.53. The number of ether oxygens (including phenoxy) is 1. The molecule has 0 aliphatic heterocycles. The molecule has 0 aliphatic rings. The van der Waals surface area contributed by atoms with Gasteiger partial charge in [0.25, 0.3) is 0 Å². The summed E-state index contributed by atoms with van der Waals surface area (Å²) in [6.45, 7) is 0. The molecule has 0 N–H and O–H groups in total. The second kappa shape index (κ2) is 7.20. The number of hydrogen-bond donors (Lipinski definition) is 0. The van der Waals surface area contributed by atoms with Crippen molar-refractivity contribution in [3.05, 3.63) is 68.8 Å². The highest BCUT2D eigenvalue weighted by molar-refractivity contribution is 6.40. The van der Waals surface area contributed by atoms with E-state index in [1.165, 1.54) is 0 Å². The van der Waals surface area contributed by atoms with Gasteiger partial charge in [-0.15, -0.1) is 0 Å². The Balaban J connectivity index is 2.28. The fourth-order valence-electron chi connectivity index (χ4n) is 2.46. The molecule has 0 aliphatic carbocycles. The van der Waals surface area contributed by atoms with Gasteiger partial charge in [-0.25, -0.2) is 4.98 Å². The summed E-state index contributed by atoms with van der Waals surface area (Å²) >= 11 is 25.3. The van der Waals surface area contributed by atoms with Crippen molar-refractivity contribution in [3.8, 4) is 28.1 Å². The average Bonchev–Trinajstić information content (AvgIpc) is 2.55. The molecular formula is C18H11Cl4NO. The summed E-state index contributed by atoms with van der Waals surface area (Å²) in [6, 6.07) is 12.5. The van der Waals surface area contributed by atoms with Crippen LogP contribution in [0.3, 0.4) is 0 Å². The van der Waals surface area contributed by atoms with Crippen LogP contribution in [-0.4, -0.2) is 12.1 Å². The fraction of sp³-hybridized carbons (Fsp3) is 0.0556. The minimum atomic E-state index is 0.414. The minimum Gasteiger partial charge on any atom is -0.481 e. The van der Waals surface area contributed by atoms with Crippen LogP contribution in [0.1, 0.15) is 0 Å². The van der Waals surface area contributed by atoms with Crippen LogP contribution in [0.4, 0.5) is 0 Å². The summed E-state index contributed by atoms with van der Waals surface area (Å²) in [7, 11) is 1.54. The van der Waals surface area contributed by atoms with Crippen LogP contribution in [0.2, 0.25) is 20.1 Å². The van der Waals surface area contributed by atoms with Crippen molar-refractivity contribution in [2.45, 2.75) is 0 Å². The Morgan fingerprint density at radius 1 is 0.792 bits per heavy atom. The molecule has 3 aromatic rings. The van der Waals surface area contributed by atoms with Crippen LogP contribution in [-0.2, 0) is 0 Å². The molecule has 0 spiro atoms. The average molecular weight is 399 g/mol. The first-order chi connectivity index (χ1) is 11.5. The van der Waals surface area contributed by atoms with Crippen molar-refractivity contribution >= 4 is 46.4 Å². The molecular weight excluding hydrogens is 388 g/mol. The molecule has 2 aromatic carbocycles. The molecule has 24 heavy (non-hydrogen) atoms. The van der Waals surface area contributed by atoms with Crippen LogP contribution in [0.15, 0.2) is 48.7 Å². The Bertz CT molecular complexity index is 871. The van der Waals surface area contributed by atoms with Gasteiger partial charge in [-0.3, -0.25) is 0 Å². The van der Waals surface area contributed by atoms with Gasteiger partial charge in [0, 0.05) is 38.5 Å². The molecule has 0 saturated carbocycles. The van der Waals surface area contributed by atoms with Crippen molar-refractivity contribution in [2.24, 2.45) is 0 Å². The van der Waals surface area contributed by atoms with E-state index in [1.54, 1.807) is 49.7 Å². The van der Waals surface area contributed by atoms with Gasteiger partial charge < -0.3 is 4.74 Å². The lowest BCUT2D eigenvalue weighted by molar-refractivity contribution is 0.400. The fourth-order valence-corrected chi connectivity index (χ4v) is 3.68. The molecule has 6 heteroatoms.